The van der Waals surface area contributed by atoms with Crippen LogP contribution in [0.5, 0.6) is 0 Å². The Kier molecular flexibility index (Phi) is 4.89. The van der Waals surface area contributed by atoms with Crippen LogP contribution in [0.15, 0.2) is 0 Å². The minimum absolute atomic E-state index is 0.0393. The topological polar surface area (TPSA) is 49.8 Å². The van der Waals surface area contributed by atoms with Gasteiger partial charge in [0.15, 0.2) is 0 Å². The van der Waals surface area contributed by atoms with Crippen LogP contribution in [0.25, 0.3) is 0 Å². The Hall–Kier alpha value is -0.550. The van der Waals surface area contributed by atoms with Crippen LogP contribution in [-0.4, -0.2) is 6.04 Å². The molecule has 0 amide bonds. The maximum Gasteiger partial charge on any atom is 0.0672 e. The predicted molar refractivity (Wildman–Crippen MR) is 46.8 cm³/mol. The zero-order valence-electron chi connectivity index (χ0n) is 7.67. The molecule has 0 fully saturated rings. The standard InChI is InChI=1S/C9H18N2/c1-4-8(6-10)9(11)5-7(2)3/h7-9H,4-5,11H2,1-3H3. The fourth-order valence-corrected chi connectivity index (χ4v) is 1.20. The van der Waals surface area contributed by atoms with Crippen LogP contribution in [0.1, 0.15) is 33.6 Å². The molecule has 0 aliphatic carbocycles. The van der Waals surface area contributed by atoms with Crippen molar-refractivity contribution in [3.8, 4) is 6.07 Å². The summed E-state index contributed by atoms with van der Waals surface area (Å²) in [4.78, 5) is 0. The van der Waals surface area contributed by atoms with E-state index in [0.29, 0.717) is 5.92 Å². The van der Waals surface area contributed by atoms with Crippen LogP contribution in [0.3, 0.4) is 0 Å². The average molecular weight is 154 g/mol. The smallest absolute Gasteiger partial charge is 0.0672 e. The lowest BCUT2D eigenvalue weighted by molar-refractivity contribution is 0.412. The quantitative estimate of drug-likeness (QED) is 0.672. The maximum absolute atomic E-state index is 8.68. The number of nitrogens with zero attached hydrogens (tertiary/aromatic N) is 1. The zero-order chi connectivity index (χ0) is 8.85. The van der Waals surface area contributed by atoms with Gasteiger partial charge in [-0.15, -0.1) is 0 Å². The van der Waals surface area contributed by atoms with E-state index in [2.05, 4.69) is 19.9 Å². The van der Waals surface area contributed by atoms with Crippen LogP contribution in [0, 0.1) is 23.2 Å². The van der Waals surface area contributed by atoms with Gasteiger partial charge in [-0.25, -0.2) is 0 Å². The maximum atomic E-state index is 8.68. The van der Waals surface area contributed by atoms with Gasteiger partial charge in [0.1, 0.15) is 0 Å². The Morgan fingerprint density at radius 2 is 2.00 bits per heavy atom. The third kappa shape index (κ3) is 4.00. The van der Waals surface area contributed by atoms with Gasteiger partial charge in [-0.2, -0.15) is 5.26 Å². The first-order valence-electron chi connectivity index (χ1n) is 4.27. The third-order valence-electron chi connectivity index (χ3n) is 1.87. The summed E-state index contributed by atoms with van der Waals surface area (Å²) >= 11 is 0. The van der Waals surface area contributed by atoms with Crippen molar-refractivity contribution in [3.63, 3.8) is 0 Å². The van der Waals surface area contributed by atoms with Crippen molar-refractivity contribution in [2.24, 2.45) is 17.6 Å². The van der Waals surface area contributed by atoms with E-state index >= 15 is 0 Å². The Balaban J connectivity index is 3.81. The minimum atomic E-state index is 0.0393. The largest absolute Gasteiger partial charge is 0.327 e. The molecule has 2 heteroatoms. The molecule has 0 saturated heterocycles. The minimum Gasteiger partial charge on any atom is -0.327 e. The molecule has 2 nitrogen and oxygen atoms in total. The van der Waals surface area contributed by atoms with Gasteiger partial charge >= 0.3 is 0 Å². The highest BCUT2D eigenvalue weighted by molar-refractivity contribution is 4.89. The summed E-state index contributed by atoms with van der Waals surface area (Å²) in [5.74, 6) is 0.629. The molecule has 2 unspecified atom stereocenters. The number of nitrogens with two attached hydrogens (primary N) is 1. The zero-order valence-corrected chi connectivity index (χ0v) is 7.67. The number of hydrogen-bond donors (Lipinski definition) is 1. The molecule has 0 aromatic heterocycles. The van der Waals surface area contributed by atoms with E-state index in [4.69, 9.17) is 11.0 Å². The molecule has 0 aliphatic heterocycles. The van der Waals surface area contributed by atoms with E-state index in [1.54, 1.807) is 0 Å². The van der Waals surface area contributed by atoms with Crippen LogP contribution < -0.4 is 5.73 Å². The lowest BCUT2D eigenvalue weighted by atomic mass is 9.92. The van der Waals surface area contributed by atoms with Gasteiger partial charge in [0.05, 0.1) is 12.0 Å². The summed E-state index contributed by atoms with van der Waals surface area (Å²) in [5, 5.41) is 8.68. The number of rotatable bonds is 4. The van der Waals surface area contributed by atoms with E-state index in [9.17, 15) is 0 Å². The lowest BCUT2D eigenvalue weighted by Gasteiger charge is -2.17. The second-order valence-corrected chi connectivity index (χ2v) is 3.44. The Bertz CT molecular complexity index is 135. The van der Waals surface area contributed by atoms with Crippen molar-refractivity contribution in [1.29, 1.82) is 5.26 Å². The highest BCUT2D eigenvalue weighted by atomic mass is 14.6. The van der Waals surface area contributed by atoms with Crippen LogP contribution in [-0.2, 0) is 0 Å². The summed E-state index contributed by atoms with van der Waals surface area (Å²) in [6.45, 7) is 6.27. The molecular formula is C9H18N2. The van der Waals surface area contributed by atoms with E-state index in [-0.39, 0.29) is 12.0 Å². The molecule has 0 rings (SSSR count). The molecule has 0 radical (unpaired) electrons. The SMILES string of the molecule is CCC(C#N)C(N)CC(C)C. The first kappa shape index (κ1) is 10.4. The third-order valence-corrected chi connectivity index (χ3v) is 1.87. The molecular weight excluding hydrogens is 136 g/mol. The molecule has 64 valence electrons. The summed E-state index contributed by atoms with van der Waals surface area (Å²) in [5.41, 5.74) is 5.82. The van der Waals surface area contributed by atoms with Crippen molar-refractivity contribution >= 4 is 0 Å². The molecule has 0 heterocycles. The van der Waals surface area contributed by atoms with Gasteiger partial charge in [0.25, 0.3) is 0 Å². The van der Waals surface area contributed by atoms with Gasteiger partial charge in [0.2, 0.25) is 0 Å². The van der Waals surface area contributed by atoms with Crippen molar-refractivity contribution in [3.05, 3.63) is 0 Å². The molecule has 0 aromatic carbocycles. The van der Waals surface area contributed by atoms with Crippen LogP contribution >= 0.6 is 0 Å². The van der Waals surface area contributed by atoms with Crippen LogP contribution in [0.4, 0.5) is 0 Å². The first-order valence-corrected chi connectivity index (χ1v) is 4.27. The van der Waals surface area contributed by atoms with Gasteiger partial charge in [-0.05, 0) is 18.8 Å². The van der Waals surface area contributed by atoms with Crippen molar-refractivity contribution in [1.82, 2.24) is 0 Å². The average Bonchev–Trinajstić information content (AvgIpc) is 1.88. The molecule has 11 heavy (non-hydrogen) atoms. The second kappa shape index (κ2) is 5.15. The second-order valence-electron chi connectivity index (χ2n) is 3.44. The molecule has 0 saturated carbocycles. The van der Waals surface area contributed by atoms with Crippen molar-refractivity contribution < 1.29 is 0 Å². The van der Waals surface area contributed by atoms with Crippen molar-refractivity contribution in [2.75, 3.05) is 0 Å². The molecule has 0 bridgehead atoms. The summed E-state index contributed by atoms with van der Waals surface area (Å²) < 4.78 is 0. The fraction of sp³-hybridized carbons (Fsp3) is 0.889. The molecule has 0 spiro atoms. The number of nitriles is 1. The van der Waals surface area contributed by atoms with E-state index < -0.39 is 0 Å². The molecule has 2 atom stereocenters. The monoisotopic (exact) mass is 154 g/mol. The van der Waals surface area contributed by atoms with Gasteiger partial charge < -0.3 is 5.73 Å². The van der Waals surface area contributed by atoms with Gasteiger partial charge in [0, 0.05) is 6.04 Å². The van der Waals surface area contributed by atoms with Gasteiger partial charge in [-0.3, -0.25) is 0 Å². The van der Waals surface area contributed by atoms with Crippen LogP contribution in [0.2, 0.25) is 0 Å². The van der Waals surface area contributed by atoms with Gasteiger partial charge in [-0.1, -0.05) is 20.8 Å². The Morgan fingerprint density at radius 3 is 2.27 bits per heavy atom. The molecule has 0 aromatic rings. The summed E-state index contributed by atoms with van der Waals surface area (Å²) in [6.07, 6.45) is 1.82. The van der Waals surface area contributed by atoms with E-state index in [1.807, 2.05) is 6.92 Å². The summed E-state index contributed by atoms with van der Waals surface area (Å²) in [6, 6.07) is 2.29. The van der Waals surface area contributed by atoms with Crippen molar-refractivity contribution in [2.45, 2.75) is 39.7 Å². The van der Waals surface area contributed by atoms with E-state index in [1.165, 1.54) is 0 Å². The normalized spacial score (nSPS) is 16.0. The molecule has 0 aliphatic rings. The fourth-order valence-electron chi connectivity index (χ4n) is 1.20. The number of hydrogen-bond acceptors (Lipinski definition) is 2. The van der Waals surface area contributed by atoms with E-state index in [0.717, 1.165) is 12.8 Å². The molecule has 2 N–H and O–H groups in total. The lowest BCUT2D eigenvalue weighted by Crippen LogP contribution is -2.30. The predicted octanol–water partition coefficient (Wildman–Crippen LogP) is 1.91. The summed E-state index contributed by atoms with van der Waals surface area (Å²) in [7, 11) is 0. The highest BCUT2D eigenvalue weighted by Gasteiger charge is 2.15. The Morgan fingerprint density at radius 1 is 1.45 bits per heavy atom. The highest BCUT2D eigenvalue weighted by Crippen LogP contribution is 2.13. The first-order chi connectivity index (χ1) is 5.11. The Labute approximate surface area is 69.4 Å².